The average molecular weight is 281 g/mol. The summed E-state index contributed by atoms with van der Waals surface area (Å²) in [6, 6.07) is 10.4. The molecule has 4 heteroatoms. The van der Waals surface area contributed by atoms with E-state index in [0.29, 0.717) is 5.92 Å². The maximum Gasteiger partial charge on any atom is 0.118 e. The van der Waals surface area contributed by atoms with Crippen LogP contribution in [0.25, 0.3) is 0 Å². The lowest BCUT2D eigenvalue weighted by Crippen LogP contribution is -2.46. The largest absolute Gasteiger partial charge is 0.302 e. The molecule has 1 unspecified atom stereocenters. The fraction of sp³-hybridized carbons (Fsp3) is 0.500. The minimum absolute atomic E-state index is 0.355. The highest BCUT2D eigenvalue weighted by atomic mass is 35.5. The van der Waals surface area contributed by atoms with Crippen molar-refractivity contribution in [3.8, 4) is 6.07 Å². The van der Waals surface area contributed by atoms with Gasteiger partial charge in [-0.25, -0.2) is 0 Å². The van der Waals surface area contributed by atoms with Gasteiger partial charge >= 0.3 is 0 Å². The summed E-state index contributed by atoms with van der Waals surface area (Å²) >= 11 is 7.90. The fourth-order valence-corrected chi connectivity index (χ4v) is 3.71. The number of hydrogen-bond donors (Lipinski definition) is 1. The summed E-state index contributed by atoms with van der Waals surface area (Å²) in [5.74, 6) is 2.19. The van der Waals surface area contributed by atoms with Crippen LogP contribution in [0.5, 0.6) is 0 Å². The van der Waals surface area contributed by atoms with E-state index in [1.807, 2.05) is 31.3 Å². The van der Waals surface area contributed by atoms with Gasteiger partial charge in [0.05, 0.1) is 6.07 Å². The summed E-state index contributed by atoms with van der Waals surface area (Å²) in [4.78, 5) is 0. The molecule has 1 aliphatic rings. The lowest BCUT2D eigenvalue weighted by atomic mass is 9.98. The first-order chi connectivity index (χ1) is 8.72. The quantitative estimate of drug-likeness (QED) is 0.867. The van der Waals surface area contributed by atoms with E-state index in [9.17, 15) is 5.26 Å². The molecule has 1 saturated carbocycles. The molecule has 0 bridgehead atoms. The van der Waals surface area contributed by atoms with E-state index >= 15 is 0 Å². The van der Waals surface area contributed by atoms with E-state index in [4.69, 9.17) is 11.6 Å². The predicted molar refractivity (Wildman–Crippen MR) is 77.7 cm³/mol. The third kappa shape index (κ3) is 3.00. The highest BCUT2D eigenvalue weighted by Crippen LogP contribution is 2.41. The lowest BCUT2D eigenvalue weighted by molar-refractivity contribution is 0.441. The van der Waals surface area contributed by atoms with Gasteiger partial charge in [0, 0.05) is 16.5 Å². The van der Waals surface area contributed by atoms with Gasteiger partial charge in [-0.3, -0.25) is 0 Å². The highest BCUT2D eigenvalue weighted by molar-refractivity contribution is 7.98. The SMILES string of the molecule is CNC(C#N)(CSCc1ccccc1Cl)C1CC1. The molecule has 2 rings (SSSR count). The van der Waals surface area contributed by atoms with Gasteiger partial charge in [0.1, 0.15) is 5.54 Å². The van der Waals surface area contributed by atoms with Gasteiger partial charge in [0.25, 0.3) is 0 Å². The van der Waals surface area contributed by atoms with Crippen LogP contribution in [0, 0.1) is 17.2 Å². The first kappa shape index (κ1) is 13.7. The third-order valence-electron chi connectivity index (χ3n) is 3.47. The van der Waals surface area contributed by atoms with E-state index in [0.717, 1.165) is 22.1 Å². The van der Waals surface area contributed by atoms with Gasteiger partial charge in [-0.05, 0) is 37.4 Å². The Morgan fingerprint density at radius 2 is 2.22 bits per heavy atom. The average Bonchev–Trinajstić information content (AvgIpc) is 3.22. The normalized spacial score (nSPS) is 18.1. The number of nitrogens with one attached hydrogen (secondary N) is 1. The predicted octanol–water partition coefficient (Wildman–Crippen LogP) is 3.46. The van der Waals surface area contributed by atoms with E-state index in [2.05, 4.69) is 11.4 Å². The second kappa shape index (κ2) is 5.97. The Kier molecular flexibility index (Phi) is 4.55. The van der Waals surface area contributed by atoms with Crippen molar-refractivity contribution in [1.29, 1.82) is 5.26 Å². The molecule has 1 atom stereocenters. The van der Waals surface area contributed by atoms with Crippen molar-refractivity contribution in [3.63, 3.8) is 0 Å². The topological polar surface area (TPSA) is 35.8 Å². The number of benzene rings is 1. The molecule has 2 nitrogen and oxygen atoms in total. The van der Waals surface area contributed by atoms with Gasteiger partial charge in [-0.1, -0.05) is 29.8 Å². The van der Waals surface area contributed by atoms with Crippen LogP contribution in [0.1, 0.15) is 18.4 Å². The van der Waals surface area contributed by atoms with Gasteiger partial charge in [-0.15, -0.1) is 0 Å². The molecule has 0 amide bonds. The lowest BCUT2D eigenvalue weighted by Gasteiger charge is -2.25. The molecular formula is C14H17ClN2S. The smallest absolute Gasteiger partial charge is 0.118 e. The molecule has 1 aromatic carbocycles. The van der Waals surface area contributed by atoms with Crippen LogP contribution in [-0.4, -0.2) is 18.3 Å². The number of halogens is 1. The van der Waals surface area contributed by atoms with E-state index < -0.39 is 0 Å². The number of thioether (sulfide) groups is 1. The van der Waals surface area contributed by atoms with Crippen LogP contribution < -0.4 is 5.32 Å². The Morgan fingerprint density at radius 1 is 1.50 bits per heavy atom. The first-order valence-corrected chi connectivity index (χ1v) is 7.66. The molecule has 0 heterocycles. The molecule has 18 heavy (non-hydrogen) atoms. The Balaban J connectivity index is 1.92. The Labute approximate surface area is 118 Å². The summed E-state index contributed by atoms with van der Waals surface area (Å²) in [6.45, 7) is 0. The van der Waals surface area contributed by atoms with Gasteiger partial charge in [0.2, 0.25) is 0 Å². The van der Waals surface area contributed by atoms with E-state index in [-0.39, 0.29) is 5.54 Å². The minimum atomic E-state index is -0.355. The van der Waals surface area contributed by atoms with Crippen LogP contribution >= 0.6 is 23.4 Å². The van der Waals surface area contributed by atoms with Gasteiger partial charge in [0.15, 0.2) is 0 Å². The zero-order valence-corrected chi connectivity index (χ0v) is 12.0. The molecule has 0 aliphatic heterocycles. The molecule has 0 spiro atoms. The summed E-state index contributed by atoms with van der Waals surface area (Å²) in [5, 5.41) is 13.4. The number of nitrogens with zero attached hydrogens (tertiary/aromatic N) is 1. The maximum absolute atomic E-state index is 9.39. The summed E-state index contributed by atoms with van der Waals surface area (Å²) in [5.41, 5.74) is 0.786. The number of rotatable bonds is 6. The molecule has 96 valence electrons. The zero-order chi connectivity index (χ0) is 13.0. The number of hydrogen-bond acceptors (Lipinski definition) is 3. The molecule has 0 aromatic heterocycles. The highest BCUT2D eigenvalue weighted by Gasteiger charge is 2.44. The maximum atomic E-state index is 9.39. The molecule has 1 aliphatic carbocycles. The summed E-state index contributed by atoms with van der Waals surface area (Å²) in [6.07, 6.45) is 2.34. The Bertz CT molecular complexity index is 453. The third-order valence-corrected chi connectivity index (χ3v) is 5.01. The second-order valence-electron chi connectivity index (χ2n) is 4.69. The van der Waals surface area contributed by atoms with Crippen molar-refractivity contribution in [3.05, 3.63) is 34.9 Å². The Morgan fingerprint density at radius 3 is 2.78 bits per heavy atom. The molecule has 1 N–H and O–H groups in total. The summed E-state index contributed by atoms with van der Waals surface area (Å²) < 4.78 is 0. The van der Waals surface area contributed by atoms with Crippen molar-refractivity contribution < 1.29 is 0 Å². The molecule has 0 saturated heterocycles. The molecule has 1 fully saturated rings. The minimum Gasteiger partial charge on any atom is -0.302 e. The summed E-state index contributed by atoms with van der Waals surface area (Å²) in [7, 11) is 1.89. The van der Waals surface area contributed by atoms with Crippen LogP contribution in [0.2, 0.25) is 5.02 Å². The van der Waals surface area contributed by atoms with Crippen LogP contribution in [0.4, 0.5) is 0 Å². The van der Waals surface area contributed by atoms with Crippen LogP contribution in [-0.2, 0) is 5.75 Å². The van der Waals surface area contributed by atoms with Crippen molar-refractivity contribution in [1.82, 2.24) is 5.32 Å². The van der Waals surface area contributed by atoms with Crippen molar-refractivity contribution in [2.75, 3.05) is 12.8 Å². The first-order valence-electron chi connectivity index (χ1n) is 6.13. The fourth-order valence-electron chi connectivity index (χ4n) is 2.09. The van der Waals surface area contributed by atoms with Crippen LogP contribution in [0.3, 0.4) is 0 Å². The number of nitriles is 1. The van der Waals surface area contributed by atoms with E-state index in [1.54, 1.807) is 11.8 Å². The second-order valence-corrected chi connectivity index (χ2v) is 6.08. The molecule has 0 radical (unpaired) electrons. The van der Waals surface area contributed by atoms with Gasteiger partial charge < -0.3 is 5.32 Å². The van der Waals surface area contributed by atoms with Crippen molar-refractivity contribution in [2.24, 2.45) is 5.92 Å². The van der Waals surface area contributed by atoms with E-state index in [1.165, 1.54) is 12.8 Å². The molecule has 1 aromatic rings. The van der Waals surface area contributed by atoms with Crippen molar-refractivity contribution >= 4 is 23.4 Å². The zero-order valence-electron chi connectivity index (χ0n) is 10.4. The monoisotopic (exact) mass is 280 g/mol. The van der Waals surface area contributed by atoms with Gasteiger partial charge in [-0.2, -0.15) is 17.0 Å². The van der Waals surface area contributed by atoms with Crippen molar-refractivity contribution in [2.45, 2.75) is 24.1 Å². The Hall–Kier alpha value is -0.690. The van der Waals surface area contributed by atoms with Crippen LogP contribution in [0.15, 0.2) is 24.3 Å². The standard InChI is InChI=1S/C14H17ClN2S/c1-17-14(9-16,12-6-7-12)10-18-8-11-4-2-3-5-13(11)15/h2-5,12,17H,6-8,10H2,1H3. The molecular weight excluding hydrogens is 264 g/mol.